The topological polar surface area (TPSA) is 20.2 Å². The Morgan fingerprint density at radius 2 is 2.00 bits per heavy atom. The van der Waals surface area contributed by atoms with Gasteiger partial charge < -0.3 is 5.11 Å². The van der Waals surface area contributed by atoms with E-state index in [1.807, 2.05) is 0 Å². The van der Waals surface area contributed by atoms with E-state index in [4.69, 9.17) is 0 Å². The Labute approximate surface area is 76.2 Å². The highest BCUT2D eigenvalue weighted by Gasteiger charge is 2.26. The Balaban J connectivity index is 2.36. The summed E-state index contributed by atoms with van der Waals surface area (Å²) in [6.07, 6.45) is 7.39. The van der Waals surface area contributed by atoms with Crippen LogP contribution in [0.1, 0.15) is 52.4 Å². The van der Waals surface area contributed by atoms with Crippen molar-refractivity contribution < 1.29 is 5.11 Å². The summed E-state index contributed by atoms with van der Waals surface area (Å²) < 4.78 is 0. The average molecular weight is 170 g/mol. The van der Waals surface area contributed by atoms with Crippen molar-refractivity contribution in [2.75, 3.05) is 0 Å². The molecule has 3 unspecified atom stereocenters. The van der Waals surface area contributed by atoms with Gasteiger partial charge in [-0.3, -0.25) is 0 Å². The van der Waals surface area contributed by atoms with Gasteiger partial charge in [-0.2, -0.15) is 0 Å². The molecule has 1 N–H and O–H groups in total. The number of hydrogen-bond acceptors (Lipinski definition) is 1. The van der Waals surface area contributed by atoms with Crippen molar-refractivity contribution in [2.24, 2.45) is 11.8 Å². The van der Waals surface area contributed by atoms with Crippen LogP contribution in [0.25, 0.3) is 0 Å². The molecular formula is C11H22O. The fraction of sp³-hybridized carbons (Fsp3) is 1.00. The Morgan fingerprint density at radius 3 is 2.58 bits per heavy atom. The van der Waals surface area contributed by atoms with Crippen LogP contribution in [-0.2, 0) is 0 Å². The average Bonchev–Trinajstić information content (AvgIpc) is 2.05. The third-order valence-electron chi connectivity index (χ3n) is 3.26. The second-order valence-corrected chi connectivity index (χ2v) is 4.28. The van der Waals surface area contributed by atoms with Gasteiger partial charge in [0.15, 0.2) is 0 Å². The number of hydrogen-bond donors (Lipinski definition) is 1. The molecule has 1 aliphatic rings. The number of aliphatic hydroxyl groups excluding tert-OH is 1. The molecule has 1 nitrogen and oxygen atoms in total. The lowest BCUT2D eigenvalue weighted by Gasteiger charge is -2.32. The maximum atomic E-state index is 9.77. The standard InChI is InChI=1S/C11H22O/c1-3-6-9(2)10-7-4-5-8-11(10)12/h9-12H,3-8H2,1-2H3. The van der Waals surface area contributed by atoms with E-state index in [-0.39, 0.29) is 6.10 Å². The van der Waals surface area contributed by atoms with Gasteiger partial charge in [0.1, 0.15) is 0 Å². The largest absolute Gasteiger partial charge is 0.393 e. The molecule has 0 aliphatic heterocycles. The molecule has 0 spiro atoms. The molecule has 1 saturated carbocycles. The highest BCUT2D eigenvalue weighted by Crippen LogP contribution is 2.32. The fourth-order valence-electron chi connectivity index (χ4n) is 2.47. The lowest BCUT2D eigenvalue weighted by Crippen LogP contribution is -2.29. The molecular weight excluding hydrogens is 148 g/mol. The molecule has 1 heteroatoms. The second-order valence-electron chi connectivity index (χ2n) is 4.28. The molecule has 0 aromatic carbocycles. The van der Waals surface area contributed by atoms with E-state index in [1.165, 1.54) is 32.1 Å². The molecule has 72 valence electrons. The van der Waals surface area contributed by atoms with Crippen molar-refractivity contribution in [3.05, 3.63) is 0 Å². The van der Waals surface area contributed by atoms with Crippen molar-refractivity contribution in [1.82, 2.24) is 0 Å². The molecule has 0 heterocycles. The summed E-state index contributed by atoms with van der Waals surface area (Å²) in [6, 6.07) is 0. The fourth-order valence-corrected chi connectivity index (χ4v) is 2.47. The Bertz CT molecular complexity index is 122. The molecule has 0 amide bonds. The van der Waals surface area contributed by atoms with Crippen LogP contribution >= 0.6 is 0 Å². The predicted molar refractivity (Wildman–Crippen MR) is 52.0 cm³/mol. The van der Waals surface area contributed by atoms with Crippen LogP contribution in [-0.4, -0.2) is 11.2 Å². The summed E-state index contributed by atoms with van der Waals surface area (Å²) in [5, 5.41) is 9.77. The maximum absolute atomic E-state index is 9.77. The van der Waals surface area contributed by atoms with Gasteiger partial charge in [0.2, 0.25) is 0 Å². The van der Waals surface area contributed by atoms with Gasteiger partial charge in [0.05, 0.1) is 6.10 Å². The quantitative estimate of drug-likeness (QED) is 0.690. The van der Waals surface area contributed by atoms with Crippen LogP contribution in [0.4, 0.5) is 0 Å². The van der Waals surface area contributed by atoms with Crippen molar-refractivity contribution in [2.45, 2.75) is 58.5 Å². The molecule has 0 aromatic rings. The monoisotopic (exact) mass is 170 g/mol. The highest BCUT2D eigenvalue weighted by atomic mass is 16.3. The van der Waals surface area contributed by atoms with Crippen LogP contribution < -0.4 is 0 Å². The van der Waals surface area contributed by atoms with Gasteiger partial charge in [-0.05, 0) is 24.7 Å². The van der Waals surface area contributed by atoms with E-state index in [0.717, 1.165) is 12.3 Å². The zero-order valence-electron chi connectivity index (χ0n) is 8.42. The zero-order valence-corrected chi connectivity index (χ0v) is 8.42. The molecule has 0 radical (unpaired) electrons. The summed E-state index contributed by atoms with van der Waals surface area (Å²) in [6.45, 7) is 4.52. The van der Waals surface area contributed by atoms with Gasteiger partial charge in [-0.15, -0.1) is 0 Å². The van der Waals surface area contributed by atoms with Crippen molar-refractivity contribution in [3.8, 4) is 0 Å². The maximum Gasteiger partial charge on any atom is 0.0570 e. The number of rotatable bonds is 3. The molecule has 3 atom stereocenters. The minimum absolute atomic E-state index is 0.000278. The first-order valence-corrected chi connectivity index (χ1v) is 5.43. The zero-order chi connectivity index (χ0) is 8.97. The van der Waals surface area contributed by atoms with Crippen LogP contribution in [0.5, 0.6) is 0 Å². The van der Waals surface area contributed by atoms with E-state index in [0.29, 0.717) is 5.92 Å². The Hall–Kier alpha value is -0.0400. The van der Waals surface area contributed by atoms with Crippen LogP contribution in [0, 0.1) is 11.8 Å². The van der Waals surface area contributed by atoms with Gasteiger partial charge in [0, 0.05) is 0 Å². The molecule has 1 rings (SSSR count). The van der Waals surface area contributed by atoms with Gasteiger partial charge in [-0.1, -0.05) is 39.5 Å². The molecule has 12 heavy (non-hydrogen) atoms. The first-order chi connectivity index (χ1) is 5.75. The smallest absolute Gasteiger partial charge is 0.0570 e. The molecule has 0 aromatic heterocycles. The highest BCUT2D eigenvalue weighted by molar-refractivity contribution is 4.78. The summed E-state index contributed by atoms with van der Waals surface area (Å²) in [4.78, 5) is 0. The van der Waals surface area contributed by atoms with Crippen molar-refractivity contribution >= 4 is 0 Å². The van der Waals surface area contributed by atoms with Crippen molar-refractivity contribution in [3.63, 3.8) is 0 Å². The third kappa shape index (κ3) is 2.48. The predicted octanol–water partition coefficient (Wildman–Crippen LogP) is 2.97. The first kappa shape index (κ1) is 10.0. The minimum atomic E-state index is 0.000278. The SMILES string of the molecule is CCCC(C)C1CCCCC1O. The minimum Gasteiger partial charge on any atom is -0.393 e. The molecule has 0 saturated heterocycles. The Kier molecular flexibility index (Phi) is 4.07. The normalized spacial score (nSPS) is 33.2. The van der Waals surface area contributed by atoms with Crippen LogP contribution in [0.3, 0.4) is 0 Å². The lowest BCUT2D eigenvalue weighted by molar-refractivity contribution is 0.0388. The summed E-state index contributed by atoms with van der Waals surface area (Å²) in [5.41, 5.74) is 0. The molecule has 1 fully saturated rings. The number of aliphatic hydroxyl groups is 1. The van der Waals surface area contributed by atoms with Gasteiger partial charge in [-0.25, -0.2) is 0 Å². The van der Waals surface area contributed by atoms with E-state index in [2.05, 4.69) is 13.8 Å². The summed E-state index contributed by atoms with van der Waals surface area (Å²) in [5.74, 6) is 1.32. The van der Waals surface area contributed by atoms with E-state index >= 15 is 0 Å². The van der Waals surface area contributed by atoms with Gasteiger partial charge in [0.25, 0.3) is 0 Å². The first-order valence-electron chi connectivity index (χ1n) is 5.43. The van der Waals surface area contributed by atoms with E-state index < -0.39 is 0 Å². The molecule has 1 aliphatic carbocycles. The van der Waals surface area contributed by atoms with Crippen LogP contribution in [0.15, 0.2) is 0 Å². The van der Waals surface area contributed by atoms with Crippen LogP contribution in [0.2, 0.25) is 0 Å². The lowest BCUT2D eigenvalue weighted by atomic mass is 9.77. The Morgan fingerprint density at radius 1 is 1.33 bits per heavy atom. The van der Waals surface area contributed by atoms with E-state index in [1.54, 1.807) is 0 Å². The van der Waals surface area contributed by atoms with E-state index in [9.17, 15) is 5.11 Å². The van der Waals surface area contributed by atoms with Gasteiger partial charge >= 0.3 is 0 Å². The second kappa shape index (κ2) is 4.86. The molecule has 0 bridgehead atoms. The summed E-state index contributed by atoms with van der Waals surface area (Å²) >= 11 is 0. The van der Waals surface area contributed by atoms with Crippen molar-refractivity contribution in [1.29, 1.82) is 0 Å². The third-order valence-corrected chi connectivity index (χ3v) is 3.26. The summed E-state index contributed by atoms with van der Waals surface area (Å²) in [7, 11) is 0.